The summed E-state index contributed by atoms with van der Waals surface area (Å²) in [5.74, 6) is -0.472. The molecule has 1 N–H and O–H groups in total. The average Bonchev–Trinajstić information content (AvgIpc) is 3.07. The van der Waals surface area contributed by atoms with Gasteiger partial charge >= 0.3 is 0 Å². The highest BCUT2D eigenvalue weighted by molar-refractivity contribution is 7.89. The third kappa shape index (κ3) is 3.50. The van der Waals surface area contributed by atoms with Crippen LogP contribution in [0.4, 0.5) is 4.39 Å². The standard InChI is InChI=1S/C16H14FN3O2S2/c1-11-8-13(17)2-3-15(11)24(21,22)20-9-14-16(19-6-5-18-14)12-4-7-23-10-12/h2-8,10,20H,9H2,1H3. The Morgan fingerprint density at radius 2 is 2.00 bits per heavy atom. The summed E-state index contributed by atoms with van der Waals surface area (Å²) in [6.07, 6.45) is 3.08. The second-order valence-electron chi connectivity index (χ2n) is 5.10. The van der Waals surface area contributed by atoms with E-state index in [1.54, 1.807) is 13.1 Å². The highest BCUT2D eigenvalue weighted by Gasteiger charge is 2.18. The van der Waals surface area contributed by atoms with Crippen molar-refractivity contribution in [2.75, 3.05) is 0 Å². The number of aryl methyl sites for hydroxylation is 1. The Morgan fingerprint density at radius 1 is 1.21 bits per heavy atom. The van der Waals surface area contributed by atoms with Crippen LogP contribution in [-0.4, -0.2) is 18.4 Å². The van der Waals surface area contributed by atoms with E-state index in [0.29, 0.717) is 17.0 Å². The monoisotopic (exact) mass is 363 g/mol. The number of rotatable bonds is 5. The Balaban J connectivity index is 1.86. The molecule has 0 aliphatic heterocycles. The molecule has 0 aliphatic rings. The number of aromatic nitrogens is 2. The van der Waals surface area contributed by atoms with E-state index < -0.39 is 15.8 Å². The van der Waals surface area contributed by atoms with Gasteiger partial charge in [-0.05, 0) is 42.1 Å². The summed E-state index contributed by atoms with van der Waals surface area (Å²) in [5, 5.41) is 3.84. The Hall–Kier alpha value is -2.16. The predicted octanol–water partition coefficient (Wildman–Crippen LogP) is 3.13. The third-order valence-corrected chi connectivity index (χ3v) is 5.67. The van der Waals surface area contributed by atoms with Crippen LogP contribution in [0.3, 0.4) is 0 Å². The molecule has 0 saturated heterocycles. The summed E-state index contributed by atoms with van der Waals surface area (Å²) >= 11 is 1.52. The minimum Gasteiger partial charge on any atom is -0.256 e. The summed E-state index contributed by atoms with van der Waals surface area (Å²) in [7, 11) is -3.77. The zero-order valence-corrected chi connectivity index (χ0v) is 14.4. The molecule has 8 heteroatoms. The van der Waals surface area contributed by atoms with Crippen molar-refractivity contribution in [1.82, 2.24) is 14.7 Å². The SMILES string of the molecule is Cc1cc(F)ccc1S(=O)(=O)NCc1nccnc1-c1ccsc1. The molecule has 5 nitrogen and oxygen atoms in total. The van der Waals surface area contributed by atoms with Crippen molar-refractivity contribution in [2.45, 2.75) is 18.4 Å². The first-order valence-electron chi connectivity index (χ1n) is 7.05. The quantitative estimate of drug-likeness (QED) is 0.756. The van der Waals surface area contributed by atoms with E-state index in [4.69, 9.17) is 0 Å². The molecule has 124 valence electrons. The van der Waals surface area contributed by atoms with Gasteiger partial charge in [0, 0.05) is 23.3 Å². The van der Waals surface area contributed by atoms with E-state index in [9.17, 15) is 12.8 Å². The van der Waals surface area contributed by atoms with Crippen LogP contribution in [0.1, 0.15) is 11.3 Å². The molecule has 1 aromatic carbocycles. The molecule has 0 saturated carbocycles. The van der Waals surface area contributed by atoms with Gasteiger partial charge in [0.25, 0.3) is 0 Å². The number of hydrogen-bond donors (Lipinski definition) is 1. The van der Waals surface area contributed by atoms with Gasteiger partial charge in [0.1, 0.15) is 5.82 Å². The fraction of sp³-hybridized carbons (Fsp3) is 0.125. The summed E-state index contributed by atoms with van der Waals surface area (Å²) < 4.78 is 40.6. The predicted molar refractivity (Wildman–Crippen MR) is 90.5 cm³/mol. The largest absolute Gasteiger partial charge is 0.256 e. The minimum atomic E-state index is -3.77. The Labute approximate surface area is 143 Å². The maximum absolute atomic E-state index is 13.2. The van der Waals surface area contributed by atoms with E-state index in [2.05, 4.69) is 14.7 Å². The molecular formula is C16H14FN3O2S2. The number of halogens is 1. The van der Waals surface area contributed by atoms with Gasteiger partial charge in [0.2, 0.25) is 10.0 Å². The molecule has 0 fully saturated rings. The fourth-order valence-electron chi connectivity index (χ4n) is 2.29. The lowest BCUT2D eigenvalue weighted by molar-refractivity contribution is 0.578. The zero-order chi connectivity index (χ0) is 17.2. The number of benzene rings is 1. The van der Waals surface area contributed by atoms with Gasteiger partial charge in [0.15, 0.2) is 0 Å². The highest BCUT2D eigenvalue weighted by Crippen LogP contribution is 2.23. The first-order chi connectivity index (χ1) is 11.5. The Morgan fingerprint density at radius 3 is 2.71 bits per heavy atom. The van der Waals surface area contributed by atoms with Crippen LogP contribution in [0, 0.1) is 12.7 Å². The molecule has 0 bridgehead atoms. The third-order valence-electron chi connectivity index (χ3n) is 3.42. The molecule has 0 atom stereocenters. The van der Waals surface area contributed by atoms with Gasteiger partial charge in [-0.2, -0.15) is 11.3 Å². The lowest BCUT2D eigenvalue weighted by Crippen LogP contribution is -2.25. The second-order valence-corrected chi connectivity index (χ2v) is 7.61. The molecule has 2 aromatic heterocycles. The van der Waals surface area contributed by atoms with Gasteiger partial charge in [0.05, 0.1) is 22.8 Å². The van der Waals surface area contributed by atoms with Crippen molar-refractivity contribution in [2.24, 2.45) is 0 Å². The zero-order valence-electron chi connectivity index (χ0n) is 12.7. The van der Waals surface area contributed by atoms with E-state index in [0.717, 1.165) is 11.6 Å². The second kappa shape index (κ2) is 6.76. The summed E-state index contributed by atoms with van der Waals surface area (Å²) in [6, 6.07) is 5.47. The number of hydrogen-bond acceptors (Lipinski definition) is 5. The first-order valence-corrected chi connectivity index (χ1v) is 9.48. The number of nitrogens with one attached hydrogen (secondary N) is 1. The van der Waals surface area contributed by atoms with Gasteiger partial charge in [-0.25, -0.2) is 17.5 Å². The molecule has 0 radical (unpaired) electrons. The van der Waals surface area contributed by atoms with Gasteiger partial charge in [-0.3, -0.25) is 9.97 Å². The van der Waals surface area contributed by atoms with Crippen LogP contribution in [0.5, 0.6) is 0 Å². The number of sulfonamides is 1. The molecule has 0 amide bonds. The lowest BCUT2D eigenvalue weighted by atomic mass is 10.2. The molecule has 2 heterocycles. The van der Waals surface area contributed by atoms with Crippen molar-refractivity contribution in [3.8, 4) is 11.3 Å². The highest BCUT2D eigenvalue weighted by atomic mass is 32.2. The van der Waals surface area contributed by atoms with Gasteiger partial charge in [-0.15, -0.1) is 0 Å². The maximum Gasteiger partial charge on any atom is 0.241 e. The van der Waals surface area contributed by atoms with Crippen molar-refractivity contribution < 1.29 is 12.8 Å². The molecule has 24 heavy (non-hydrogen) atoms. The van der Waals surface area contributed by atoms with Crippen LogP contribution in [0.15, 0.2) is 52.3 Å². The van der Waals surface area contributed by atoms with Crippen LogP contribution in [0.25, 0.3) is 11.3 Å². The van der Waals surface area contributed by atoms with E-state index >= 15 is 0 Å². The molecular weight excluding hydrogens is 349 g/mol. The summed E-state index contributed by atoms with van der Waals surface area (Å²) in [5.41, 5.74) is 2.40. The normalized spacial score (nSPS) is 11.6. The van der Waals surface area contributed by atoms with Crippen molar-refractivity contribution >= 4 is 21.4 Å². The Bertz CT molecular complexity index is 957. The first kappa shape index (κ1) is 16.7. The average molecular weight is 363 g/mol. The van der Waals surface area contributed by atoms with Crippen LogP contribution in [0.2, 0.25) is 0 Å². The molecule has 0 aliphatic carbocycles. The van der Waals surface area contributed by atoms with Crippen molar-refractivity contribution in [3.05, 3.63) is 64.5 Å². The van der Waals surface area contributed by atoms with Gasteiger partial charge < -0.3 is 0 Å². The van der Waals surface area contributed by atoms with Crippen LogP contribution < -0.4 is 4.72 Å². The minimum absolute atomic E-state index is 0.00182. The van der Waals surface area contributed by atoms with Crippen molar-refractivity contribution in [1.29, 1.82) is 0 Å². The topological polar surface area (TPSA) is 72.0 Å². The smallest absolute Gasteiger partial charge is 0.241 e. The van der Waals surface area contributed by atoms with Gasteiger partial charge in [-0.1, -0.05) is 0 Å². The van der Waals surface area contributed by atoms with E-state index in [-0.39, 0.29) is 11.4 Å². The molecule has 3 aromatic rings. The van der Waals surface area contributed by atoms with Crippen LogP contribution >= 0.6 is 11.3 Å². The Kier molecular flexibility index (Phi) is 4.70. The number of thiophene rings is 1. The molecule has 3 rings (SSSR count). The van der Waals surface area contributed by atoms with Crippen LogP contribution in [-0.2, 0) is 16.6 Å². The maximum atomic E-state index is 13.2. The summed E-state index contributed by atoms with van der Waals surface area (Å²) in [6.45, 7) is 1.55. The summed E-state index contributed by atoms with van der Waals surface area (Å²) in [4.78, 5) is 8.55. The van der Waals surface area contributed by atoms with E-state index in [1.165, 1.54) is 29.7 Å². The lowest BCUT2D eigenvalue weighted by Gasteiger charge is -2.10. The number of nitrogens with zero attached hydrogens (tertiary/aromatic N) is 2. The van der Waals surface area contributed by atoms with E-state index in [1.807, 2.05) is 16.8 Å². The fourth-order valence-corrected chi connectivity index (χ4v) is 4.14. The van der Waals surface area contributed by atoms with Crippen molar-refractivity contribution in [3.63, 3.8) is 0 Å². The molecule has 0 unspecified atom stereocenters. The molecule has 0 spiro atoms.